The van der Waals surface area contributed by atoms with E-state index < -0.39 is 5.97 Å². The zero-order valence-corrected chi connectivity index (χ0v) is 16.1. The molecule has 0 saturated heterocycles. The number of aromatic nitrogens is 4. The lowest BCUT2D eigenvalue weighted by Gasteiger charge is -2.14. The van der Waals surface area contributed by atoms with Crippen LogP contribution in [-0.2, 0) is 15.1 Å². The maximum Gasteiger partial charge on any atom is 0.352 e. The van der Waals surface area contributed by atoms with E-state index in [4.69, 9.17) is 4.89 Å². The second kappa shape index (κ2) is 7.95. The molecular formula is C19H22N6O3. The lowest BCUT2D eigenvalue weighted by atomic mass is 9.92. The standard InChI is InChI=1S/C19H22N6O3/c1-12(26)27-28-14-7-5-6-13(10-14)21-18-20-9-8-16(23-18)22-17-11-15(24-25-17)19(2,3)4/h5-11H,1-4H3,(H3,20,21,22,23,24,25). The molecule has 0 fully saturated rings. The number of hydrogen-bond acceptors (Lipinski definition) is 8. The van der Waals surface area contributed by atoms with Crippen LogP contribution >= 0.6 is 0 Å². The first-order valence-electron chi connectivity index (χ1n) is 8.68. The quantitative estimate of drug-likeness (QED) is 0.435. The number of carbonyl (C=O) groups is 1. The number of aromatic amines is 1. The van der Waals surface area contributed by atoms with E-state index in [9.17, 15) is 4.79 Å². The molecule has 28 heavy (non-hydrogen) atoms. The van der Waals surface area contributed by atoms with Gasteiger partial charge in [0.2, 0.25) is 5.95 Å². The number of nitrogens with zero attached hydrogens (tertiary/aromatic N) is 3. The summed E-state index contributed by atoms with van der Waals surface area (Å²) in [6, 6.07) is 10.6. The van der Waals surface area contributed by atoms with Gasteiger partial charge in [-0.15, -0.1) is 0 Å². The summed E-state index contributed by atoms with van der Waals surface area (Å²) < 4.78 is 0. The Kier molecular flexibility index (Phi) is 5.44. The molecule has 0 aliphatic heterocycles. The van der Waals surface area contributed by atoms with E-state index in [0.717, 1.165) is 5.69 Å². The Balaban J connectivity index is 1.69. The number of nitrogens with one attached hydrogen (secondary N) is 3. The molecule has 2 aromatic heterocycles. The number of benzene rings is 1. The van der Waals surface area contributed by atoms with Gasteiger partial charge in [0.05, 0.1) is 0 Å². The van der Waals surface area contributed by atoms with Crippen molar-refractivity contribution < 1.29 is 14.6 Å². The summed E-state index contributed by atoms with van der Waals surface area (Å²) in [5.74, 6) is 1.50. The molecule has 3 aromatic rings. The van der Waals surface area contributed by atoms with Crippen molar-refractivity contribution in [1.82, 2.24) is 20.2 Å². The summed E-state index contributed by atoms with van der Waals surface area (Å²) in [6.45, 7) is 7.58. The average Bonchev–Trinajstić information content (AvgIpc) is 3.09. The summed E-state index contributed by atoms with van der Waals surface area (Å²) in [5, 5.41) is 13.5. The van der Waals surface area contributed by atoms with Gasteiger partial charge >= 0.3 is 5.97 Å². The second-order valence-corrected chi connectivity index (χ2v) is 7.12. The molecule has 0 aliphatic rings. The van der Waals surface area contributed by atoms with Crippen LogP contribution in [0.15, 0.2) is 42.6 Å². The summed E-state index contributed by atoms with van der Waals surface area (Å²) in [7, 11) is 0. The molecule has 3 N–H and O–H groups in total. The minimum atomic E-state index is -0.534. The Hall–Kier alpha value is -3.62. The number of rotatable bonds is 6. The summed E-state index contributed by atoms with van der Waals surface area (Å²) in [5.41, 5.74) is 1.67. The molecule has 0 spiro atoms. The third-order valence-corrected chi connectivity index (χ3v) is 3.64. The Morgan fingerprint density at radius 1 is 1.11 bits per heavy atom. The van der Waals surface area contributed by atoms with Crippen LogP contribution in [0.2, 0.25) is 0 Å². The fraction of sp³-hybridized carbons (Fsp3) is 0.263. The van der Waals surface area contributed by atoms with Gasteiger partial charge in [0, 0.05) is 42.0 Å². The van der Waals surface area contributed by atoms with E-state index in [-0.39, 0.29) is 5.41 Å². The van der Waals surface area contributed by atoms with Gasteiger partial charge in [-0.3, -0.25) is 14.9 Å². The van der Waals surface area contributed by atoms with Crippen LogP contribution < -0.4 is 15.5 Å². The van der Waals surface area contributed by atoms with E-state index in [1.807, 2.05) is 12.1 Å². The molecule has 0 unspecified atom stereocenters. The van der Waals surface area contributed by atoms with Crippen LogP contribution in [-0.4, -0.2) is 26.1 Å². The Bertz CT molecular complexity index is 964. The predicted octanol–water partition coefficient (Wildman–Crippen LogP) is 3.84. The first kappa shape index (κ1) is 19.2. The molecule has 0 bridgehead atoms. The average molecular weight is 382 g/mol. The molecule has 9 nitrogen and oxygen atoms in total. The molecule has 0 atom stereocenters. The van der Waals surface area contributed by atoms with E-state index in [1.165, 1.54) is 6.92 Å². The number of anilines is 4. The van der Waals surface area contributed by atoms with Crippen molar-refractivity contribution >= 4 is 29.2 Å². The fourth-order valence-corrected chi connectivity index (χ4v) is 2.25. The lowest BCUT2D eigenvalue weighted by molar-refractivity contribution is -0.210. The fourth-order valence-electron chi connectivity index (χ4n) is 2.25. The highest BCUT2D eigenvalue weighted by Crippen LogP contribution is 2.24. The van der Waals surface area contributed by atoms with Crippen LogP contribution in [0, 0.1) is 0 Å². The van der Waals surface area contributed by atoms with Crippen molar-refractivity contribution in [2.75, 3.05) is 10.6 Å². The highest BCUT2D eigenvalue weighted by molar-refractivity contribution is 5.65. The Labute approximate surface area is 162 Å². The van der Waals surface area contributed by atoms with Gasteiger partial charge in [0.25, 0.3) is 0 Å². The van der Waals surface area contributed by atoms with Crippen molar-refractivity contribution in [2.45, 2.75) is 33.1 Å². The maximum absolute atomic E-state index is 10.8. The molecule has 0 radical (unpaired) electrons. The van der Waals surface area contributed by atoms with Crippen LogP contribution in [0.4, 0.5) is 23.3 Å². The van der Waals surface area contributed by atoms with Crippen LogP contribution in [0.1, 0.15) is 33.4 Å². The molecular weight excluding hydrogens is 360 g/mol. The van der Waals surface area contributed by atoms with Gasteiger partial charge in [-0.25, -0.2) is 9.78 Å². The SMILES string of the molecule is CC(=O)OOc1cccc(Nc2nccc(Nc3cc(C(C)(C)C)[nH]n3)n2)c1. The monoisotopic (exact) mass is 382 g/mol. The smallest absolute Gasteiger partial charge is 0.324 e. The molecule has 2 heterocycles. The van der Waals surface area contributed by atoms with Crippen LogP contribution in [0.5, 0.6) is 5.75 Å². The molecule has 9 heteroatoms. The highest BCUT2D eigenvalue weighted by atomic mass is 17.2. The van der Waals surface area contributed by atoms with Gasteiger partial charge in [-0.2, -0.15) is 10.1 Å². The molecule has 0 saturated carbocycles. The topological polar surface area (TPSA) is 114 Å². The van der Waals surface area contributed by atoms with E-state index in [1.54, 1.807) is 30.5 Å². The largest absolute Gasteiger partial charge is 0.352 e. The third-order valence-electron chi connectivity index (χ3n) is 3.64. The van der Waals surface area contributed by atoms with Crippen molar-refractivity contribution in [2.24, 2.45) is 0 Å². The van der Waals surface area contributed by atoms with Crippen LogP contribution in [0.25, 0.3) is 0 Å². The van der Waals surface area contributed by atoms with E-state index in [2.05, 4.69) is 56.5 Å². The Morgan fingerprint density at radius 2 is 1.93 bits per heavy atom. The van der Waals surface area contributed by atoms with Crippen molar-refractivity contribution in [3.8, 4) is 5.75 Å². The van der Waals surface area contributed by atoms with E-state index >= 15 is 0 Å². The normalized spacial score (nSPS) is 11.0. The summed E-state index contributed by atoms with van der Waals surface area (Å²) >= 11 is 0. The van der Waals surface area contributed by atoms with Gasteiger partial charge in [0.15, 0.2) is 11.6 Å². The molecule has 0 amide bonds. The number of H-pyrrole nitrogens is 1. The lowest BCUT2D eigenvalue weighted by Crippen LogP contribution is -2.11. The molecule has 0 aliphatic carbocycles. The number of carbonyl (C=O) groups excluding carboxylic acids is 1. The van der Waals surface area contributed by atoms with Crippen molar-refractivity contribution in [3.05, 3.63) is 48.3 Å². The van der Waals surface area contributed by atoms with Crippen molar-refractivity contribution in [1.29, 1.82) is 0 Å². The van der Waals surface area contributed by atoms with Crippen LogP contribution in [0.3, 0.4) is 0 Å². The van der Waals surface area contributed by atoms with Gasteiger partial charge < -0.3 is 10.6 Å². The predicted molar refractivity (Wildman–Crippen MR) is 105 cm³/mol. The third kappa shape index (κ3) is 5.19. The first-order chi connectivity index (χ1) is 13.3. The van der Waals surface area contributed by atoms with E-state index in [0.29, 0.717) is 29.0 Å². The minimum Gasteiger partial charge on any atom is -0.324 e. The molecule has 146 valence electrons. The highest BCUT2D eigenvalue weighted by Gasteiger charge is 2.16. The van der Waals surface area contributed by atoms with Gasteiger partial charge in [-0.1, -0.05) is 26.8 Å². The Morgan fingerprint density at radius 3 is 2.64 bits per heavy atom. The molecule has 3 rings (SSSR count). The number of hydrogen-bond donors (Lipinski definition) is 3. The minimum absolute atomic E-state index is 0.0233. The van der Waals surface area contributed by atoms with Gasteiger partial charge in [0.1, 0.15) is 5.82 Å². The molecule has 1 aromatic carbocycles. The zero-order chi connectivity index (χ0) is 20.1. The van der Waals surface area contributed by atoms with Gasteiger partial charge in [-0.05, 0) is 18.2 Å². The zero-order valence-electron chi connectivity index (χ0n) is 16.1. The summed E-state index contributed by atoms with van der Waals surface area (Å²) in [6.07, 6.45) is 1.63. The second-order valence-electron chi connectivity index (χ2n) is 7.12. The maximum atomic E-state index is 10.8. The first-order valence-corrected chi connectivity index (χ1v) is 8.68. The van der Waals surface area contributed by atoms with Crippen molar-refractivity contribution in [3.63, 3.8) is 0 Å². The summed E-state index contributed by atoms with van der Waals surface area (Å²) in [4.78, 5) is 28.9.